The molecule has 3 nitrogen and oxygen atoms in total. The molecule has 1 spiro atoms. The lowest BCUT2D eigenvalue weighted by Crippen LogP contribution is -2.50. The van der Waals surface area contributed by atoms with Crippen molar-refractivity contribution >= 4 is 17.7 Å². The molecule has 0 radical (unpaired) electrons. The summed E-state index contributed by atoms with van der Waals surface area (Å²) in [5, 5.41) is 2.34. The van der Waals surface area contributed by atoms with Crippen molar-refractivity contribution in [3.05, 3.63) is 106 Å². The molecule has 3 aromatic rings. The molecule has 4 atom stereocenters. The Morgan fingerprint density at radius 3 is 2.47 bits per heavy atom. The van der Waals surface area contributed by atoms with Crippen molar-refractivity contribution in [1.82, 2.24) is 4.90 Å². The SMILES string of the molecule is C[C@H]1CN(C2CCC(c3ccc(NC(=O)c4cccc(C(F)(F)F)c4)cc3C(F)(F)F)C2)CCC12C=Cc1ccccc12. The molecule has 43 heavy (non-hydrogen) atoms. The summed E-state index contributed by atoms with van der Waals surface area (Å²) in [5.41, 5.74) is 0.584. The number of likely N-dealkylation sites (tertiary alicyclic amines) is 1. The summed E-state index contributed by atoms with van der Waals surface area (Å²) in [4.78, 5) is 15.1. The van der Waals surface area contributed by atoms with Gasteiger partial charge in [0.25, 0.3) is 5.91 Å². The normalized spacial score (nSPS) is 25.7. The maximum absolute atomic E-state index is 14.3. The Kier molecular flexibility index (Phi) is 7.43. The van der Waals surface area contributed by atoms with Gasteiger partial charge in [-0.25, -0.2) is 0 Å². The number of carbonyl (C=O) groups is 1. The summed E-state index contributed by atoms with van der Waals surface area (Å²) in [7, 11) is 0. The lowest BCUT2D eigenvalue weighted by molar-refractivity contribution is -0.138. The van der Waals surface area contributed by atoms with E-state index in [0.29, 0.717) is 24.8 Å². The van der Waals surface area contributed by atoms with Gasteiger partial charge in [-0.3, -0.25) is 4.79 Å². The molecule has 1 aliphatic heterocycles. The fraction of sp³-hybridized carbons (Fsp3) is 0.382. The Hall–Kier alpha value is -3.59. The van der Waals surface area contributed by atoms with Crippen LogP contribution < -0.4 is 5.32 Å². The number of anilines is 1. The Morgan fingerprint density at radius 1 is 0.930 bits per heavy atom. The molecule has 0 bridgehead atoms. The number of hydrogen-bond donors (Lipinski definition) is 1. The zero-order valence-electron chi connectivity index (χ0n) is 23.6. The van der Waals surface area contributed by atoms with Gasteiger partial charge in [-0.2, -0.15) is 26.3 Å². The molecule has 226 valence electrons. The number of halogens is 6. The van der Waals surface area contributed by atoms with Crippen molar-refractivity contribution in [2.24, 2.45) is 5.92 Å². The van der Waals surface area contributed by atoms with Gasteiger partial charge in [0.15, 0.2) is 0 Å². The van der Waals surface area contributed by atoms with E-state index in [9.17, 15) is 31.1 Å². The molecule has 3 unspecified atom stereocenters. The highest BCUT2D eigenvalue weighted by Crippen LogP contribution is 2.49. The zero-order chi connectivity index (χ0) is 30.6. The Morgan fingerprint density at radius 2 is 1.72 bits per heavy atom. The summed E-state index contributed by atoms with van der Waals surface area (Å²) in [6, 6.07) is 16.1. The van der Waals surface area contributed by atoms with E-state index in [1.165, 1.54) is 29.3 Å². The van der Waals surface area contributed by atoms with Crippen LogP contribution in [0.25, 0.3) is 6.08 Å². The van der Waals surface area contributed by atoms with E-state index in [1.54, 1.807) is 0 Å². The highest BCUT2D eigenvalue weighted by atomic mass is 19.4. The standard InChI is InChI=1S/C34H32F6N2O/c1-21-20-42(16-15-32(21)14-13-22-5-2-3-8-29(22)32)27-11-9-23(18-27)28-12-10-26(19-30(28)34(38,39)40)41-31(43)24-6-4-7-25(17-24)33(35,36)37/h2-8,10,12-14,17,19,21,23,27H,9,11,15-16,18,20H2,1H3,(H,41,43)/t21-,23?,27?,32?/m0/s1. The lowest BCUT2D eigenvalue weighted by Gasteiger charge is -2.46. The first-order valence-corrected chi connectivity index (χ1v) is 14.6. The highest BCUT2D eigenvalue weighted by molar-refractivity contribution is 6.04. The summed E-state index contributed by atoms with van der Waals surface area (Å²) in [5.74, 6) is -0.830. The molecule has 1 saturated carbocycles. The fourth-order valence-corrected chi connectivity index (χ4v) is 7.40. The van der Waals surface area contributed by atoms with Crippen LogP contribution in [0.1, 0.15) is 76.7 Å². The van der Waals surface area contributed by atoms with Crippen LogP contribution in [0.5, 0.6) is 0 Å². The average molecular weight is 599 g/mol. The van der Waals surface area contributed by atoms with Crippen LogP contribution in [0.2, 0.25) is 0 Å². The molecule has 2 aliphatic carbocycles. The number of piperidine rings is 1. The molecular formula is C34H32F6N2O. The van der Waals surface area contributed by atoms with E-state index in [2.05, 4.69) is 47.5 Å². The third-order valence-corrected chi connectivity index (χ3v) is 9.65. The van der Waals surface area contributed by atoms with Crippen molar-refractivity contribution in [1.29, 1.82) is 0 Å². The Labute approximate surface area is 246 Å². The molecule has 9 heteroatoms. The zero-order valence-corrected chi connectivity index (χ0v) is 23.6. The quantitative estimate of drug-likeness (QED) is 0.304. The molecule has 3 aromatic carbocycles. The van der Waals surface area contributed by atoms with Crippen LogP contribution in [0, 0.1) is 5.92 Å². The number of allylic oxidation sites excluding steroid dienone is 1. The second-order valence-electron chi connectivity index (χ2n) is 12.1. The largest absolute Gasteiger partial charge is 0.416 e. The number of benzene rings is 3. The van der Waals surface area contributed by atoms with Crippen molar-refractivity contribution < 1.29 is 31.1 Å². The highest BCUT2D eigenvalue weighted by Gasteiger charge is 2.46. The van der Waals surface area contributed by atoms with Gasteiger partial charge in [0.2, 0.25) is 0 Å². The minimum atomic E-state index is -4.65. The second-order valence-corrected chi connectivity index (χ2v) is 12.1. The molecule has 1 heterocycles. The van der Waals surface area contributed by atoms with E-state index in [0.717, 1.165) is 44.1 Å². The van der Waals surface area contributed by atoms with Crippen molar-refractivity contribution in [2.75, 3.05) is 18.4 Å². The van der Waals surface area contributed by atoms with E-state index in [4.69, 9.17) is 0 Å². The number of rotatable bonds is 4. The molecule has 3 aliphatic rings. The summed E-state index contributed by atoms with van der Waals surface area (Å²) < 4.78 is 82.0. The van der Waals surface area contributed by atoms with Gasteiger partial charge in [0, 0.05) is 29.3 Å². The number of nitrogens with zero attached hydrogens (tertiary/aromatic N) is 1. The summed E-state index contributed by atoms with van der Waals surface area (Å²) in [6.07, 6.45) is -1.74. The number of carbonyl (C=O) groups excluding carboxylic acids is 1. The average Bonchev–Trinajstić information content (AvgIpc) is 3.60. The van der Waals surface area contributed by atoms with E-state index >= 15 is 0 Å². The van der Waals surface area contributed by atoms with Gasteiger partial charge < -0.3 is 10.2 Å². The predicted octanol–water partition coefficient (Wildman–Crippen LogP) is 8.92. The van der Waals surface area contributed by atoms with Crippen LogP contribution in [0.4, 0.5) is 32.0 Å². The monoisotopic (exact) mass is 598 g/mol. The topological polar surface area (TPSA) is 32.3 Å². The molecule has 2 fully saturated rings. The maximum atomic E-state index is 14.3. The predicted molar refractivity (Wildman–Crippen MR) is 154 cm³/mol. The van der Waals surface area contributed by atoms with Crippen molar-refractivity contribution in [3.8, 4) is 0 Å². The van der Waals surface area contributed by atoms with Crippen molar-refractivity contribution in [3.63, 3.8) is 0 Å². The first-order chi connectivity index (χ1) is 20.3. The van der Waals surface area contributed by atoms with Crippen LogP contribution in [-0.4, -0.2) is 29.9 Å². The van der Waals surface area contributed by atoms with E-state index < -0.39 is 29.4 Å². The van der Waals surface area contributed by atoms with Crippen LogP contribution in [0.15, 0.2) is 72.8 Å². The first kappa shape index (κ1) is 29.5. The van der Waals surface area contributed by atoms with Gasteiger partial charge in [0.05, 0.1) is 11.1 Å². The number of nitrogens with one attached hydrogen (secondary N) is 1. The van der Waals surface area contributed by atoms with Gasteiger partial charge >= 0.3 is 12.4 Å². The molecular weight excluding hydrogens is 566 g/mol. The summed E-state index contributed by atoms with van der Waals surface area (Å²) >= 11 is 0. The van der Waals surface area contributed by atoms with Crippen LogP contribution in [-0.2, 0) is 17.8 Å². The second kappa shape index (κ2) is 10.8. The lowest BCUT2D eigenvalue weighted by atomic mass is 9.68. The van der Waals surface area contributed by atoms with Gasteiger partial charge in [0.1, 0.15) is 0 Å². The van der Waals surface area contributed by atoms with Gasteiger partial charge in [-0.1, -0.05) is 55.5 Å². The van der Waals surface area contributed by atoms with E-state index in [1.807, 2.05) is 6.07 Å². The molecule has 1 amide bonds. The minimum absolute atomic E-state index is 0.00286. The van der Waals surface area contributed by atoms with Gasteiger partial charge in [-0.05, 0) is 91.1 Å². The molecule has 6 rings (SSSR count). The number of fused-ring (bicyclic) bond motifs is 2. The first-order valence-electron chi connectivity index (χ1n) is 14.6. The van der Waals surface area contributed by atoms with E-state index in [-0.39, 0.29) is 34.2 Å². The Balaban J connectivity index is 1.16. The third-order valence-electron chi connectivity index (χ3n) is 9.65. The molecule has 1 saturated heterocycles. The molecule has 1 N–H and O–H groups in total. The minimum Gasteiger partial charge on any atom is -0.322 e. The summed E-state index contributed by atoms with van der Waals surface area (Å²) in [6.45, 7) is 4.02. The number of hydrogen-bond acceptors (Lipinski definition) is 2. The Bertz CT molecular complexity index is 1560. The van der Waals surface area contributed by atoms with Crippen molar-refractivity contribution in [2.45, 2.75) is 62.3 Å². The maximum Gasteiger partial charge on any atom is 0.416 e. The smallest absolute Gasteiger partial charge is 0.322 e. The number of alkyl halides is 6. The fourth-order valence-electron chi connectivity index (χ4n) is 7.40. The van der Waals surface area contributed by atoms with Crippen LogP contribution >= 0.6 is 0 Å². The van der Waals surface area contributed by atoms with Gasteiger partial charge in [-0.15, -0.1) is 0 Å². The number of amides is 1. The third kappa shape index (κ3) is 5.59. The molecule has 0 aromatic heterocycles. The van der Waals surface area contributed by atoms with Crippen LogP contribution in [0.3, 0.4) is 0 Å².